The summed E-state index contributed by atoms with van der Waals surface area (Å²) in [5, 5.41) is 12.1. The fraction of sp³-hybridized carbons (Fsp3) is 0.667. The number of anilines is 2. The number of hydrogen-bond acceptors (Lipinski definition) is 5. The van der Waals surface area contributed by atoms with Crippen LogP contribution in [0.5, 0.6) is 0 Å². The van der Waals surface area contributed by atoms with Crippen molar-refractivity contribution in [2.75, 3.05) is 29.9 Å². The number of rotatable bonds is 4. The number of aliphatic hydroxyl groups excluding tert-OH is 1. The van der Waals surface area contributed by atoms with E-state index in [1.807, 2.05) is 0 Å². The van der Waals surface area contributed by atoms with Gasteiger partial charge in [0.05, 0.1) is 12.6 Å². The average Bonchev–Trinajstić information content (AvgIpc) is 2.86. The van der Waals surface area contributed by atoms with Crippen molar-refractivity contribution < 1.29 is 18.3 Å². The first-order valence-corrected chi connectivity index (χ1v) is 6.53. The zero-order chi connectivity index (χ0) is 14.8. The number of halogens is 3. The van der Waals surface area contributed by atoms with Crippen LogP contribution in [0.15, 0.2) is 6.07 Å². The minimum atomic E-state index is -4.59. The topological polar surface area (TPSA) is 61.3 Å². The first-order chi connectivity index (χ1) is 9.45. The van der Waals surface area contributed by atoms with Gasteiger partial charge in [-0.25, -0.2) is 9.97 Å². The lowest BCUT2D eigenvalue weighted by Gasteiger charge is -2.25. The Labute approximate surface area is 114 Å². The Morgan fingerprint density at radius 2 is 2.20 bits per heavy atom. The van der Waals surface area contributed by atoms with Crippen LogP contribution in [-0.2, 0) is 6.18 Å². The highest BCUT2D eigenvalue weighted by Crippen LogP contribution is 2.31. The van der Waals surface area contributed by atoms with Gasteiger partial charge in [-0.3, -0.25) is 0 Å². The number of aromatic nitrogens is 2. The largest absolute Gasteiger partial charge is 0.451 e. The van der Waals surface area contributed by atoms with Crippen LogP contribution in [-0.4, -0.2) is 40.8 Å². The molecule has 5 nitrogen and oxygen atoms in total. The molecule has 1 atom stereocenters. The minimum absolute atomic E-state index is 0.0953. The van der Waals surface area contributed by atoms with Gasteiger partial charge in [-0.15, -0.1) is 0 Å². The molecule has 1 aliphatic rings. The first kappa shape index (κ1) is 14.8. The normalized spacial score (nSPS) is 19.4. The van der Waals surface area contributed by atoms with Gasteiger partial charge in [0.15, 0.2) is 0 Å². The molecule has 0 spiro atoms. The molecule has 1 aromatic rings. The second kappa shape index (κ2) is 5.82. The summed E-state index contributed by atoms with van der Waals surface area (Å²) < 4.78 is 38.5. The zero-order valence-electron chi connectivity index (χ0n) is 11.1. The molecule has 8 heteroatoms. The van der Waals surface area contributed by atoms with Crippen LogP contribution in [0.25, 0.3) is 0 Å². The molecule has 0 amide bonds. The third-order valence-electron chi connectivity index (χ3n) is 3.21. The summed E-state index contributed by atoms with van der Waals surface area (Å²) in [5.74, 6) is -0.803. The number of nitrogens with one attached hydrogen (secondary N) is 1. The fourth-order valence-electron chi connectivity index (χ4n) is 2.31. The van der Waals surface area contributed by atoms with Crippen molar-refractivity contribution in [1.29, 1.82) is 0 Å². The summed E-state index contributed by atoms with van der Waals surface area (Å²) in [6.07, 6.45) is -3.01. The van der Waals surface area contributed by atoms with Crippen molar-refractivity contribution in [2.45, 2.75) is 32.0 Å². The van der Waals surface area contributed by atoms with Crippen molar-refractivity contribution in [3.63, 3.8) is 0 Å². The molecule has 0 aliphatic carbocycles. The van der Waals surface area contributed by atoms with Crippen LogP contribution in [0.2, 0.25) is 0 Å². The molecule has 1 aromatic heterocycles. The molecule has 2 N–H and O–H groups in total. The quantitative estimate of drug-likeness (QED) is 0.886. The van der Waals surface area contributed by atoms with Crippen LogP contribution in [0, 0.1) is 0 Å². The van der Waals surface area contributed by atoms with Gasteiger partial charge in [-0.05, 0) is 19.8 Å². The molecule has 0 aromatic carbocycles. The van der Waals surface area contributed by atoms with Crippen molar-refractivity contribution in [2.24, 2.45) is 0 Å². The van der Waals surface area contributed by atoms with E-state index in [9.17, 15) is 18.3 Å². The highest BCUT2D eigenvalue weighted by atomic mass is 19.4. The van der Waals surface area contributed by atoms with E-state index in [0.29, 0.717) is 13.1 Å². The van der Waals surface area contributed by atoms with E-state index < -0.39 is 12.0 Å². The van der Waals surface area contributed by atoms with E-state index in [4.69, 9.17) is 0 Å². The summed E-state index contributed by atoms with van der Waals surface area (Å²) in [5.41, 5.74) is 0. The Bertz CT molecular complexity index is 467. The van der Waals surface area contributed by atoms with Crippen LogP contribution >= 0.6 is 0 Å². The molecular weight excluding hydrogens is 273 g/mol. The minimum Gasteiger partial charge on any atom is -0.394 e. The summed E-state index contributed by atoms with van der Waals surface area (Å²) in [6, 6.07) is 1.31. The molecule has 1 unspecified atom stereocenters. The maximum Gasteiger partial charge on any atom is 0.451 e. The third kappa shape index (κ3) is 3.12. The van der Waals surface area contributed by atoms with Gasteiger partial charge in [0.25, 0.3) is 0 Å². The van der Waals surface area contributed by atoms with Gasteiger partial charge in [0, 0.05) is 19.2 Å². The molecular formula is C12H17F3N4O. The summed E-state index contributed by atoms with van der Waals surface area (Å²) in [4.78, 5) is 8.79. The molecule has 0 bridgehead atoms. The Kier molecular flexibility index (Phi) is 4.32. The second-order valence-corrected chi connectivity index (χ2v) is 4.64. The predicted octanol–water partition coefficient (Wildman–Crippen LogP) is 1.89. The van der Waals surface area contributed by atoms with Gasteiger partial charge in [0.2, 0.25) is 5.82 Å². The lowest BCUT2D eigenvalue weighted by molar-refractivity contribution is -0.144. The van der Waals surface area contributed by atoms with Crippen LogP contribution < -0.4 is 10.2 Å². The molecule has 2 rings (SSSR count). The van der Waals surface area contributed by atoms with Crippen molar-refractivity contribution in [3.05, 3.63) is 11.9 Å². The van der Waals surface area contributed by atoms with E-state index in [2.05, 4.69) is 15.3 Å². The molecule has 1 aliphatic heterocycles. The summed E-state index contributed by atoms with van der Waals surface area (Å²) in [6.45, 7) is 2.74. The van der Waals surface area contributed by atoms with Gasteiger partial charge < -0.3 is 15.3 Å². The molecule has 0 saturated carbocycles. The standard InChI is InChI=1S/C12H17F3N4O/c1-2-16-9-6-10(18-11(17-9)12(13,14)15)19-5-3-4-8(19)7-20/h6,8,20H,2-5,7H2,1H3,(H,16,17,18). The lowest BCUT2D eigenvalue weighted by Crippen LogP contribution is -2.33. The van der Waals surface area contributed by atoms with Gasteiger partial charge >= 0.3 is 6.18 Å². The van der Waals surface area contributed by atoms with E-state index in [0.717, 1.165) is 12.8 Å². The Morgan fingerprint density at radius 1 is 1.45 bits per heavy atom. The van der Waals surface area contributed by atoms with Crippen LogP contribution in [0.4, 0.5) is 24.8 Å². The molecule has 112 valence electrons. The van der Waals surface area contributed by atoms with Crippen molar-refractivity contribution in [1.82, 2.24) is 9.97 Å². The molecule has 0 radical (unpaired) electrons. The van der Waals surface area contributed by atoms with E-state index in [-0.39, 0.29) is 24.3 Å². The first-order valence-electron chi connectivity index (χ1n) is 6.53. The van der Waals surface area contributed by atoms with Gasteiger partial charge in [-0.2, -0.15) is 13.2 Å². The second-order valence-electron chi connectivity index (χ2n) is 4.64. The van der Waals surface area contributed by atoms with Crippen LogP contribution in [0.1, 0.15) is 25.6 Å². The number of hydrogen-bond donors (Lipinski definition) is 2. The Balaban J connectivity index is 2.38. The third-order valence-corrected chi connectivity index (χ3v) is 3.21. The molecule has 2 heterocycles. The number of nitrogens with zero attached hydrogens (tertiary/aromatic N) is 3. The fourth-order valence-corrected chi connectivity index (χ4v) is 2.31. The average molecular weight is 290 g/mol. The Hall–Kier alpha value is -1.57. The highest BCUT2D eigenvalue weighted by Gasteiger charge is 2.36. The van der Waals surface area contributed by atoms with E-state index in [1.54, 1.807) is 11.8 Å². The summed E-state index contributed by atoms with van der Waals surface area (Å²) in [7, 11) is 0. The van der Waals surface area contributed by atoms with Gasteiger partial charge in [-0.1, -0.05) is 0 Å². The lowest BCUT2D eigenvalue weighted by atomic mass is 10.2. The maximum absolute atomic E-state index is 12.8. The summed E-state index contributed by atoms with van der Waals surface area (Å²) >= 11 is 0. The SMILES string of the molecule is CCNc1cc(N2CCCC2CO)nc(C(F)(F)F)n1. The monoisotopic (exact) mass is 290 g/mol. The highest BCUT2D eigenvalue weighted by molar-refractivity contribution is 5.51. The van der Waals surface area contributed by atoms with Crippen molar-refractivity contribution in [3.8, 4) is 0 Å². The smallest absolute Gasteiger partial charge is 0.394 e. The van der Waals surface area contributed by atoms with Crippen LogP contribution in [0.3, 0.4) is 0 Å². The predicted molar refractivity (Wildman–Crippen MR) is 68.7 cm³/mol. The van der Waals surface area contributed by atoms with E-state index in [1.165, 1.54) is 6.07 Å². The number of alkyl halides is 3. The maximum atomic E-state index is 12.8. The zero-order valence-corrected chi connectivity index (χ0v) is 11.1. The van der Waals surface area contributed by atoms with E-state index >= 15 is 0 Å². The molecule has 20 heavy (non-hydrogen) atoms. The van der Waals surface area contributed by atoms with Crippen molar-refractivity contribution >= 4 is 11.6 Å². The Morgan fingerprint density at radius 3 is 2.80 bits per heavy atom. The number of aliphatic hydroxyl groups is 1. The molecule has 1 fully saturated rings. The molecule has 1 saturated heterocycles. The van der Waals surface area contributed by atoms with Gasteiger partial charge in [0.1, 0.15) is 11.6 Å².